The van der Waals surface area contributed by atoms with Crippen molar-refractivity contribution in [3.8, 4) is 6.07 Å². The summed E-state index contributed by atoms with van der Waals surface area (Å²) in [6.45, 7) is 8.71. The molecule has 0 heterocycles. The molecule has 2 nitrogen and oxygen atoms in total. The molecular weight excluding hydrogens is 228 g/mol. The Hall–Kier alpha value is -1.14. The average Bonchev–Trinajstić information content (AvgIpc) is 2.27. The van der Waals surface area contributed by atoms with E-state index in [1.54, 1.807) is 11.8 Å². The summed E-state index contributed by atoms with van der Waals surface area (Å²) in [6, 6.07) is 8.55. The SMILES string of the molecule is CSc1cccc(NC(C)C(C)(C)C)c1C#N. The van der Waals surface area contributed by atoms with Crippen LogP contribution in [0.15, 0.2) is 23.1 Å². The van der Waals surface area contributed by atoms with Crippen molar-refractivity contribution in [2.45, 2.75) is 38.6 Å². The topological polar surface area (TPSA) is 35.8 Å². The molecule has 0 aliphatic heterocycles. The third-order valence-corrected chi connectivity index (χ3v) is 3.81. The minimum absolute atomic E-state index is 0.169. The van der Waals surface area contributed by atoms with Crippen molar-refractivity contribution in [3.63, 3.8) is 0 Å². The highest BCUT2D eigenvalue weighted by Gasteiger charge is 2.21. The standard InChI is InChI=1S/C14H20N2S/c1-10(14(2,3)4)16-12-7-6-8-13(17-5)11(12)9-15/h6-8,10,16H,1-5H3. The average molecular weight is 248 g/mol. The molecule has 0 aliphatic carbocycles. The highest BCUT2D eigenvalue weighted by atomic mass is 32.2. The summed E-state index contributed by atoms with van der Waals surface area (Å²) in [5, 5.41) is 12.7. The van der Waals surface area contributed by atoms with Crippen LogP contribution in [0.1, 0.15) is 33.3 Å². The lowest BCUT2D eigenvalue weighted by atomic mass is 9.88. The quantitative estimate of drug-likeness (QED) is 0.817. The molecule has 17 heavy (non-hydrogen) atoms. The van der Waals surface area contributed by atoms with E-state index in [1.165, 1.54) is 0 Å². The number of thioether (sulfide) groups is 1. The van der Waals surface area contributed by atoms with Gasteiger partial charge in [-0.15, -0.1) is 11.8 Å². The van der Waals surface area contributed by atoms with Crippen LogP contribution >= 0.6 is 11.8 Å². The number of nitrogens with zero attached hydrogens (tertiary/aromatic N) is 1. The van der Waals surface area contributed by atoms with Gasteiger partial charge in [0.15, 0.2) is 0 Å². The Bertz CT molecular complexity index is 427. The van der Waals surface area contributed by atoms with E-state index in [0.29, 0.717) is 6.04 Å². The van der Waals surface area contributed by atoms with Crippen LogP contribution < -0.4 is 5.32 Å². The van der Waals surface area contributed by atoms with Crippen molar-refractivity contribution < 1.29 is 0 Å². The van der Waals surface area contributed by atoms with Gasteiger partial charge in [0, 0.05) is 10.9 Å². The molecule has 0 saturated heterocycles. The fourth-order valence-corrected chi connectivity index (χ4v) is 1.96. The van der Waals surface area contributed by atoms with E-state index in [9.17, 15) is 5.26 Å². The third-order valence-electron chi connectivity index (χ3n) is 3.03. The van der Waals surface area contributed by atoms with E-state index in [2.05, 4.69) is 39.1 Å². The van der Waals surface area contributed by atoms with Crippen LogP contribution in [-0.4, -0.2) is 12.3 Å². The summed E-state index contributed by atoms with van der Waals surface area (Å²) in [7, 11) is 0. The second-order valence-corrected chi connectivity index (χ2v) is 6.07. The lowest BCUT2D eigenvalue weighted by Gasteiger charge is -2.29. The summed E-state index contributed by atoms with van der Waals surface area (Å²) in [6.07, 6.45) is 1.99. The maximum Gasteiger partial charge on any atom is 0.102 e. The fraction of sp³-hybridized carbons (Fsp3) is 0.500. The van der Waals surface area contributed by atoms with Gasteiger partial charge in [0.25, 0.3) is 0 Å². The molecule has 1 unspecified atom stereocenters. The zero-order chi connectivity index (χ0) is 13.1. The Labute approximate surface area is 108 Å². The predicted molar refractivity (Wildman–Crippen MR) is 75.5 cm³/mol. The summed E-state index contributed by atoms with van der Waals surface area (Å²) in [4.78, 5) is 1.03. The maximum absolute atomic E-state index is 9.24. The Morgan fingerprint density at radius 3 is 2.47 bits per heavy atom. The van der Waals surface area contributed by atoms with Crippen LogP contribution in [0.25, 0.3) is 0 Å². The van der Waals surface area contributed by atoms with Crippen molar-refractivity contribution in [1.82, 2.24) is 0 Å². The van der Waals surface area contributed by atoms with E-state index in [1.807, 2.05) is 24.5 Å². The van der Waals surface area contributed by atoms with Crippen molar-refractivity contribution in [2.75, 3.05) is 11.6 Å². The third kappa shape index (κ3) is 3.41. The molecule has 0 aromatic heterocycles. The first-order chi connectivity index (χ1) is 7.90. The number of hydrogen-bond acceptors (Lipinski definition) is 3. The lowest BCUT2D eigenvalue weighted by Crippen LogP contribution is -2.31. The van der Waals surface area contributed by atoms with Gasteiger partial charge in [-0.1, -0.05) is 26.8 Å². The molecule has 0 spiro atoms. The van der Waals surface area contributed by atoms with Crippen molar-refractivity contribution in [2.24, 2.45) is 5.41 Å². The Kier molecular flexibility index (Phi) is 4.47. The number of anilines is 1. The van der Waals surface area contributed by atoms with Crippen LogP contribution in [0, 0.1) is 16.7 Å². The van der Waals surface area contributed by atoms with E-state index in [-0.39, 0.29) is 5.41 Å². The van der Waals surface area contributed by atoms with Gasteiger partial charge in [-0.05, 0) is 30.7 Å². The zero-order valence-corrected chi connectivity index (χ0v) is 12.0. The number of benzene rings is 1. The van der Waals surface area contributed by atoms with Crippen LogP contribution in [0.2, 0.25) is 0 Å². The van der Waals surface area contributed by atoms with Crippen LogP contribution in [0.4, 0.5) is 5.69 Å². The van der Waals surface area contributed by atoms with Gasteiger partial charge in [0.2, 0.25) is 0 Å². The van der Waals surface area contributed by atoms with Gasteiger partial charge in [0.05, 0.1) is 11.3 Å². The number of rotatable bonds is 3. The monoisotopic (exact) mass is 248 g/mol. The highest BCUT2D eigenvalue weighted by Crippen LogP contribution is 2.29. The van der Waals surface area contributed by atoms with Gasteiger partial charge >= 0.3 is 0 Å². The van der Waals surface area contributed by atoms with Crippen LogP contribution in [-0.2, 0) is 0 Å². The lowest BCUT2D eigenvalue weighted by molar-refractivity contribution is 0.359. The molecule has 0 radical (unpaired) electrons. The summed E-state index contributed by atoms with van der Waals surface area (Å²) < 4.78 is 0. The van der Waals surface area contributed by atoms with Crippen LogP contribution in [0.5, 0.6) is 0 Å². The first-order valence-corrected chi connectivity index (χ1v) is 6.96. The molecule has 1 N–H and O–H groups in total. The van der Waals surface area contributed by atoms with E-state index >= 15 is 0 Å². The van der Waals surface area contributed by atoms with E-state index in [0.717, 1.165) is 16.1 Å². The Morgan fingerprint density at radius 1 is 1.35 bits per heavy atom. The largest absolute Gasteiger partial charge is 0.381 e. The van der Waals surface area contributed by atoms with Crippen molar-refractivity contribution in [3.05, 3.63) is 23.8 Å². The molecular formula is C14H20N2S. The number of hydrogen-bond donors (Lipinski definition) is 1. The molecule has 3 heteroatoms. The van der Waals surface area contributed by atoms with Gasteiger partial charge in [-0.3, -0.25) is 0 Å². The van der Waals surface area contributed by atoms with Gasteiger partial charge in [-0.2, -0.15) is 5.26 Å². The normalized spacial score (nSPS) is 12.9. The molecule has 1 aromatic rings. The van der Waals surface area contributed by atoms with Crippen molar-refractivity contribution >= 4 is 17.4 Å². The second-order valence-electron chi connectivity index (χ2n) is 5.23. The van der Waals surface area contributed by atoms with Crippen LogP contribution in [0.3, 0.4) is 0 Å². The molecule has 0 fully saturated rings. The molecule has 0 saturated carbocycles. The maximum atomic E-state index is 9.24. The van der Waals surface area contributed by atoms with Crippen molar-refractivity contribution in [1.29, 1.82) is 5.26 Å². The predicted octanol–water partition coefficient (Wildman–Crippen LogP) is 4.13. The van der Waals surface area contributed by atoms with E-state index in [4.69, 9.17) is 0 Å². The zero-order valence-electron chi connectivity index (χ0n) is 11.2. The molecule has 0 amide bonds. The molecule has 0 aliphatic rings. The fourth-order valence-electron chi connectivity index (χ4n) is 1.39. The first kappa shape index (κ1) is 13.9. The number of nitriles is 1. The Morgan fingerprint density at radius 2 is 2.00 bits per heavy atom. The first-order valence-electron chi connectivity index (χ1n) is 5.73. The van der Waals surface area contributed by atoms with E-state index < -0.39 is 0 Å². The summed E-state index contributed by atoms with van der Waals surface area (Å²) in [5.41, 5.74) is 1.85. The molecule has 1 aromatic carbocycles. The minimum Gasteiger partial charge on any atom is -0.381 e. The second kappa shape index (κ2) is 5.46. The Balaban J connectivity index is 3.04. The minimum atomic E-state index is 0.169. The summed E-state index contributed by atoms with van der Waals surface area (Å²) >= 11 is 1.61. The highest BCUT2D eigenvalue weighted by molar-refractivity contribution is 7.98. The molecule has 1 atom stereocenters. The smallest absolute Gasteiger partial charge is 0.102 e. The molecule has 92 valence electrons. The van der Waals surface area contributed by atoms with Gasteiger partial charge in [0.1, 0.15) is 6.07 Å². The van der Waals surface area contributed by atoms with Gasteiger partial charge in [-0.25, -0.2) is 0 Å². The number of nitrogens with one attached hydrogen (secondary N) is 1. The van der Waals surface area contributed by atoms with Gasteiger partial charge < -0.3 is 5.32 Å². The summed E-state index contributed by atoms with van der Waals surface area (Å²) in [5.74, 6) is 0. The molecule has 0 bridgehead atoms. The molecule has 1 rings (SSSR count).